The topological polar surface area (TPSA) is 83.8 Å². The number of aryl methyl sites for hydroxylation is 1. The number of hydrogen-bond donors (Lipinski definition) is 0. The largest absolute Gasteiger partial charge is 0.366 e. The first-order valence-electron chi connectivity index (χ1n) is 8.37. The van der Waals surface area contributed by atoms with E-state index >= 15 is 0 Å². The molecule has 2 aromatic rings. The Labute approximate surface area is 153 Å². The normalized spacial score (nSPS) is 18.7. The molecule has 1 aliphatic heterocycles. The summed E-state index contributed by atoms with van der Waals surface area (Å²) in [7, 11) is -3.76. The summed E-state index contributed by atoms with van der Waals surface area (Å²) in [6.07, 6.45) is 0. The van der Waals surface area contributed by atoms with Gasteiger partial charge < -0.3 is 4.90 Å². The summed E-state index contributed by atoms with van der Waals surface area (Å²) in [5.74, 6) is 0. The van der Waals surface area contributed by atoms with Crippen LogP contribution in [0.1, 0.15) is 12.5 Å². The van der Waals surface area contributed by atoms with Crippen molar-refractivity contribution >= 4 is 21.4 Å². The van der Waals surface area contributed by atoms with Crippen LogP contribution in [-0.4, -0.2) is 43.3 Å². The smallest absolute Gasteiger partial charge is 0.270 e. The molecule has 1 aliphatic rings. The van der Waals surface area contributed by atoms with Crippen molar-refractivity contribution in [2.75, 3.05) is 24.5 Å². The van der Waals surface area contributed by atoms with Crippen LogP contribution in [-0.2, 0) is 10.0 Å². The highest BCUT2D eigenvalue weighted by molar-refractivity contribution is 7.89. The van der Waals surface area contributed by atoms with Crippen molar-refractivity contribution in [3.63, 3.8) is 0 Å². The van der Waals surface area contributed by atoms with Crippen LogP contribution >= 0.6 is 0 Å². The number of nitrogens with zero attached hydrogens (tertiary/aromatic N) is 3. The fourth-order valence-electron chi connectivity index (χ4n) is 3.17. The number of rotatable bonds is 4. The average molecular weight is 375 g/mol. The van der Waals surface area contributed by atoms with E-state index < -0.39 is 14.9 Å². The third-order valence-electron chi connectivity index (χ3n) is 4.62. The summed E-state index contributed by atoms with van der Waals surface area (Å²) in [4.78, 5) is 12.5. The minimum Gasteiger partial charge on any atom is -0.366 e. The lowest BCUT2D eigenvalue weighted by molar-refractivity contribution is -0.385. The maximum Gasteiger partial charge on any atom is 0.270 e. The molecule has 2 aromatic carbocycles. The highest BCUT2D eigenvalue weighted by atomic mass is 32.2. The molecule has 0 aromatic heterocycles. The summed E-state index contributed by atoms with van der Waals surface area (Å²) in [5.41, 5.74) is 2.02. The summed E-state index contributed by atoms with van der Waals surface area (Å²) in [6.45, 7) is 5.24. The van der Waals surface area contributed by atoms with Gasteiger partial charge in [-0.3, -0.25) is 10.1 Å². The first kappa shape index (κ1) is 18.3. The predicted octanol–water partition coefficient (Wildman–Crippen LogP) is 2.80. The van der Waals surface area contributed by atoms with Gasteiger partial charge in [-0.05, 0) is 32.0 Å². The monoisotopic (exact) mass is 375 g/mol. The van der Waals surface area contributed by atoms with E-state index in [0.717, 1.165) is 11.8 Å². The van der Waals surface area contributed by atoms with Gasteiger partial charge in [-0.2, -0.15) is 4.31 Å². The Bertz CT molecular complexity index is 912. The molecule has 1 atom stereocenters. The van der Waals surface area contributed by atoms with Crippen molar-refractivity contribution in [2.45, 2.75) is 24.8 Å². The van der Waals surface area contributed by atoms with Crippen molar-refractivity contribution in [3.05, 3.63) is 64.2 Å². The third-order valence-corrected chi connectivity index (χ3v) is 6.48. The Morgan fingerprint density at radius 1 is 1.12 bits per heavy atom. The standard InChI is InChI=1S/C18H21N3O4S/c1-14-6-8-16(9-7-14)20-11-10-19(13-15(20)2)26(24,25)18-5-3-4-17(12-18)21(22)23/h3-9,12,15H,10-11,13H2,1-2H3. The second-order valence-corrected chi connectivity index (χ2v) is 8.43. The lowest BCUT2D eigenvalue weighted by atomic mass is 10.1. The van der Waals surface area contributed by atoms with Gasteiger partial charge in [-0.1, -0.05) is 23.8 Å². The maximum absolute atomic E-state index is 12.9. The predicted molar refractivity (Wildman–Crippen MR) is 99.8 cm³/mol. The maximum atomic E-state index is 12.9. The molecule has 3 rings (SSSR count). The van der Waals surface area contributed by atoms with E-state index in [1.807, 2.05) is 38.1 Å². The number of piperazine rings is 1. The summed E-state index contributed by atoms with van der Waals surface area (Å²) < 4.78 is 27.2. The quantitative estimate of drug-likeness (QED) is 0.606. The number of benzene rings is 2. The molecule has 0 spiro atoms. The van der Waals surface area contributed by atoms with Crippen molar-refractivity contribution in [1.82, 2.24) is 4.31 Å². The van der Waals surface area contributed by atoms with Gasteiger partial charge in [-0.25, -0.2) is 8.42 Å². The molecule has 0 amide bonds. The zero-order valence-electron chi connectivity index (χ0n) is 14.7. The molecule has 0 aliphatic carbocycles. The molecule has 0 bridgehead atoms. The molecule has 1 heterocycles. The third kappa shape index (κ3) is 3.56. The molecular weight excluding hydrogens is 354 g/mol. The van der Waals surface area contributed by atoms with Gasteiger partial charge in [0.15, 0.2) is 0 Å². The molecule has 138 valence electrons. The Hall–Kier alpha value is -2.45. The second-order valence-electron chi connectivity index (χ2n) is 6.50. The van der Waals surface area contributed by atoms with Crippen LogP contribution in [0.25, 0.3) is 0 Å². The number of sulfonamides is 1. The van der Waals surface area contributed by atoms with Gasteiger partial charge >= 0.3 is 0 Å². The van der Waals surface area contributed by atoms with Crippen molar-refractivity contribution in [2.24, 2.45) is 0 Å². The second kappa shape index (κ2) is 7.05. The van der Waals surface area contributed by atoms with E-state index in [2.05, 4.69) is 4.90 Å². The summed E-state index contributed by atoms with van der Waals surface area (Å²) in [6, 6.07) is 13.4. The molecule has 0 N–H and O–H groups in total. The van der Waals surface area contributed by atoms with Crippen LogP contribution in [0.4, 0.5) is 11.4 Å². The molecule has 8 heteroatoms. The van der Waals surface area contributed by atoms with E-state index in [1.54, 1.807) is 0 Å². The molecule has 0 saturated carbocycles. The van der Waals surface area contributed by atoms with Crippen LogP contribution < -0.4 is 4.90 Å². The Morgan fingerprint density at radius 2 is 1.81 bits per heavy atom. The highest BCUT2D eigenvalue weighted by Crippen LogP contribution is 2.26. The van der Waals surface area contributed by atoms with Gasteiger partial charge in [-0.15, -0.1) is 0 Å². The van der Waals surface area contributed by atoms with Crippen molar-refractivity contribution in [3.8, 4) is 0 Å². The van der Waals surface area contributed by atoms with Crippen LogP contribution in [0.15, 0.2) is 53.4 Å². The van der Waals surface area contributed by atoms with Gasteiger partial charge in [0.1, 0.15) is 0 Å². The van der Waals surface area contributed by atoms with Gasteiger partial charge in [0.05, 0.1) is 9.82 Å². The molecule has 1 unspecified atom stereocenters. The first-order valence-corrected chi connectivity index (χ1v) is 9.81. The number of nitro benzene ring substituents is 1. The van der Waals surface area contributed by atoms with Crippen molar-refractivity contribution in [1.29, 1.82) is 0 Å². The number of hydrogen-bond acceptors (Lipinski definition) is 5. The fourth-order valence-corrected chi connectivity index (χ4v) is 4.72. The Balaban J connectivity index is 1.80. The summed E-state index contributed by atoms with van der Waals surface area (Å²) >= 11 is 0. The van der Waals surface area contributed by atoms with E-state index in [0.29, 0.717) is 19.6 Å². The lowest BCUT2D eigenvalue weighted by Gasteiger charge is -2.40. The van der Waals surface area contributed by atoms with Crippen molar-refractivity contribution < 1.29 is 13.3 Å². The zero-order valence-corrected chi connectivity index (χ0v) is 15.5. The number of nitro groups is 1. The average Bonchev–Trinajstić information content (AvgIpc) is 2.62. The first-order chi connectivity index (χ1) is 12.3. The Morgan fingerprint density at radius 3 is 2.42 bits per heavy atom. The minimum atomic E-state index is -3.76. The van der Waals surface area contributed by atoms with E-state index in [-0.39, 0.29) is 16.6 Å². The number of anilines is 1. The molecular formula is C18H21N3O4S. The highest BCUT2D eigenvalue weighted by Gasteiger charge is 2.33. The molecule has 26 heavy (non-hydrogen) atoms. The molecule has 1 fully saturated rings. The van der Waals surface area contributed by atoms with Crippen LogP contribution in [0.3, 0.4) is 0 Å². The lowest BCUT2D eigenvalue weighted by Crippen LogP contribution is -2.53. The zero-order chi connectivity index (χ0) is 18.9. The molecule has 7 nitrogen and oxygen atoms in total. The summed E-state index contributed by atoms with van der Waals surface area (Å²) in [5, 5.41) is 10.9. The molecule has 0 radical (unpaired) electrons. The van der Waals surface area contributed by atoms with E-state index in [4.69, 9.17) is 0 Å². The van der Waals surface area contributed by atoms with Crippen LogP contribution in [0, 0.1) is 17.0 Å². The number of non-ortho nitro benzene ring substituents is 1. The van der Waals surface area contributed by atoms with Gasteiger partial charge in [0, 0.05) is 43.5 Å². The van der Waals surface area contributed by atoms with E-state index in [9.17, 15) is 18.5 Å². The van der Waals surface area contributed by atoms with Crippen LogP contribution in [0.2, 0.25) is 0 Å². The SMILES string of the molecule is Cc1ccc(N2CCN(S(=O)(=O)c3cccc([N+](=O)[O-])c3)CC2C)cc1. The molecule has 1 saturated heterocycles. The van der Waals surface area contributed by atoms with Gasteiger partial charge in [0.2, 0.25) is 10.0 Å². The Kier molecular flexibility index (Phi) is 4.97. The van der Waals surface area contributed by atoms with Gasteiger partial charge in [0.25, 0.3) is 5.69 Å². The van der Waals surface area contributed by atoms with Crippen LogP contribution in [0.5, 0.6) is 0 Å². The van der Waals surface area contributed by atoms with E-state index in [1.165, 1.54) is 28.1 Å². The minimum absolute atomic E-state index is 0.0000656. The fraction of sp³-hybridized carbons (Fsp3) is 0.333.